The minimum Gasteiger partial charge on any atom is -0.466 e. The SMILES string of the molecule is CCOC(=O)CCS(=O)(=O)N1CCc2cc(N)ccc21. The zero-order valence-corrected chi connectivity index (χ0v) is 12.1. The molecule has 1 heterocycles. The van der Waals surface area contributed by atoms with Crippen molar-refractivity contribution >= 4 is 27.4 Å². The van der Waals surface area contributed by atoms with Gasteiger partial charge in [0.2, 0.25) is 10.0 Å². The molecule has 0 aromatic heterocycles. The first-order valence-corrected chi connectivity index (χ1v) is 8.09. The number of benzene rings is 1. The van der Waals surface area contributed by atoms with Crippen LogP contribution in [0.5, 0.6) is 0 Å². The summed E-state index contributed by atoms with van der Waals surface area (Å²) in [6.45, 7) is 2.34. The van der Waals surface area contributed by atoms with E-state index < -0.39 is 16.0 Å². The average molecular weight is 298 g/mol. The number of carbonyl (C=O) groups excluding carboxylic acids is 1. The number of rotatable bonds is 5. The predicted molar refractivity (Wildman–Crippen MR) is 76.9 cm³/mol. The summed E-state index contributed by atoms with van der Waals surface area (Å²) in [6, 6.07) is 5.17. The van der Waals surface area contributed by atoms with Crippen molar-refractivity contribution < 1.29 is 17.9 Å². The summed E-state index contributed by atoms with van der Waals surface area (Å²) in [5.41, 5.74) is 7.88. The van der Waals surface area contributed by atoms with Gasteiger partial charge in [-0.05, 0) is 37.1 Å². The number of hydrogen-bond acceptors (Lipinski definition) is 5. The van der Waals surface area contributed by atoms with E-state index in [2.05, 4.69) is 0 Å². The van der Waals surface area contributed by atoms with E-state index in [0.717, 1.165) is 5.56 Å². The Bertz CT molecular complexity index is 613. The first-order valence-electron chi connectivity index (χ1n) is 6.48. The fourth-order valence-electron chi connectivity index (χ4n) is 2.24. The number of carbonyl (C=O) groups is 1. The van der Waals surface area contributed by atoms with Crippen molar-refractivity contribution in [3.63, 3.8) is 0 Å². The molecule has 0 radical (unpaired) electrons. The van der Waals surface area contributed by atoms with E-state index in [9.17, 15) is 13.2 Å². The highest BCUT2D eigenvalue weighted by molar-refractivity contribution is 7.92. The Hall–Kier alpha value is -1.76. The molecule has 0 fully saturated rings. The third kappa shape index (κ3) is 3.04. The summed E-state index contributed by atoms with van der Waals surface area (Å²) in [7, 11) is -3.51. The lowest BCUT2D eigenvalue weighted by Gasteiger charge is -2.19. The number of anilines is 2. The van der Waals surface area contributed by atoms with E-state index in [-0.39, 0.29) is 18.8 Å². The second-order valence-electron chi connectivity index (χ2n) is 4.58. The Labute approximate surface area is 118 Å². The molecule has 1 aliphatic rings. The molecule has 1 aliphatic heterocycles. The number of fused-ring (bicyclic) bond motifs is 1. The molecule has 1 aromatic carbocycles. The molecule has 0 amide bonds. The summed E-state index contributed by atoms with van der Waals surface area (Å²) in [5, 5.41) is 0. The normalized spacial score (nSPS) is 14.2. The van der Waals surface area contributed by atoms with Gasteiger partial charge in [0.15, 0.2) is 0 Å². The smallest absolute Gasteiger partial charge is 0.306 e. The molecule has 6 nitrogen and oxygen atoms in total. The second-order valence-corrected chi connectivity index (χ2v) is 6.59. The zero-order valence-electron chi connectivity index (χ0n) is 11.3. The van der Waals surface area contributed by atoms with Crippen molar-refractivity contribution in [2.75, 3.05) is 28.9 Å². The maximum atomic E-state index is 12.3. The molecule has 0 aliphatic carbocycles. The van der Waals surface area contributed by atoms with Gasteiger partial charge in [-0.25, -0.2) is 8.42 Å². The van der Waals surface area contributed by atoms with Gasteiger partial charge in [-0.2, -0.15) is 0 Å². The fourth-order valence-corrected chi connectivity index (χ4v) is 3.73. The number of nitrogen functional groups attached to an aromatic ring is 1. The summed E-state index contributed by atoms with van der Waals surface area (Å²) in [5.74, 6) is -0.733. The van der Waals surface area contributed by atoms with Gasteiger partial charge in [0.25, 0.3) is 0 Å². The standard InChI is InChI=1S/C13H18N2O4S/c1-2-19-13(16)6-8-20(17,18)15-7-5-10-9-11(14)3-4-12(10)15/h3-4,9H,2,5-8,14H2,1H3. The highest BCUT2D eigenvalue weighted by Gasteiger charge is 2.29. The molecule has 110 valence electrons. The van der Waals surface area contributed by atoms with E-state index in [1.54, 1.807) is 25.1 Å². The quantitative estimate of drug-likeness (QED) is 0.645. The Balaban J connectivity index is 2.11. The van der Waals surface area contributed by atoms with Gasteiger partial charge in [0, 0.05) is 12.2 Å². The van der Waals surface area contributed by atoms with Crippen LogP contribution in [0.3, 0.4) is 0 Å². The van der Waals surface area contributed by atoms with Crippen molar-refractivity contribution in [3.8, 4) is 0 Å². The Morgan fingerprint density at radius 2 is 2.20 bits per heavy atom. The molecular formula is C13H18N2O4S. The van der Waals surface area contributed by atoms with Crippen molar-refractivity contribution in [1.29, 1.82) is 0 Å². The van der Waals surface area contributed by atoms with Crippen LogP contribution in [0.4, 0.5) is 11.4 Å². The van der Waals surface area contributed by atoms with Gasteiger partial charge in [-0.15, -0.1) is 0 Å². The first kappa shape index (κ1) is 14.6. The van der Waals surface area contributed by atoms with Crippen LogP contribution >= 0.6 is 0 Å². The molecule has 0 atom stereocenters. The Morgan fingerprint density at radius 3 is 2.90 bits per heavy atom. The lowest BCUT2D eigenvalue weighted by atomic mass is 10.1. The fraction of sp³-hybridized carbons (Fsp3) is 0.462. The monoisotopic (exact) mass is 298 g/mol. The number of hydrogen-bond donors (Lipinski definition) is 1. The van der Waals surface area contributed by atoms with E-state index in [1.165, 1.54) is 4.31 Å². The Morgan fingerprint density at radius 1 is 1.45 bits per heavy atom. The van der Waals surface area contributed by atoms with Crippen LogP contribution in [0, 0.1) is 0 Å². The highest BCUT2D eigenvalue weighted by Crippen LogP contribution is 2.32. The van der Waals surface area contributed by atoms with Crippen LogP contribution in [-0.4, -0.2) is 33.3 Å². The number of nitrogens with zero attached hydrogens (tertiary/aromatic N) is 1. The number of ether oxygens (including phenoxy) is 1. The third-order valence-corrected chi connectivity index (χ3v) is 4.93. The lowest BCUT2D eigenvalue weighted by molar-refractivity contribution is -0.142. The van der Waals surface area contributed by atoms with Crippen LogP contribution < -0.4 is 10.0 Å². The second kappa shape index (κ2) is 5.70. The van der Waals surface area contributed by atoms with Crippen molar-refractivity contribution in [2.24, 2.45) is 0 Å². The van der Waals surface area contributed by atoms with Gasteiger partial charge in [0.1, 0.15) is 0 Å². The van der Waals surface area contributed by atoms with Gasteiger partial charge in [-0.1, -0.05) is 0 Å². The third-order valence-electron chi connectivity index (χ3n) is 3.16. The van der Waals surface area contributed by atoms with E-state index >= 15 is 0 Å². The van der Waals surface area contributed by atoms with Gasteiger partial charge in [-0.3, -0.25) is 9.10 Å². The highest BCUT2D eigenvalue weighted by atomic mass is 32.2. The average Bonchev–Trinajstić information content (AvgIpc) is 2.80. The number of sulfonamides is 1. The first-order chi connectivity index (χ1) is 9.44. The van der Waals surface area contributed by atoms with Crippen molar-refractivity contribution in [1.82, 2.24) is 0 Å². The van der Waals surface area contributed by atoms with E-state index in [0.29, 0.717) is 24.3 Å². The van der Waals surface area contributed by atoms with Crippen molar-refractivity contribution in [3.05, 3.63) is 23.8 Å². The summed E-state index contributed by atoms with van der Waals surface area (Å²) in [4.78, 5) is 11.3. The summed E-state index contributed by atoms with van der Waals surface area (Å²) in [6.07, 6.45) is 0.510. The van der Waals surface area contributed by atoms with Gasteiger partial charge >= 0.3 is 5.97 Å². The molecule has 20 heavy (non-hydrogen) atoms. The van der Waals surface area contributed by atoms with Crippen LogP contribution in [0.1, 0.15) is 18.9 Å². The van der Waals surface area contributed by atoms with E-state index in [4.69, 9.17) is 10.5 Å². The molecule has 0 unspecified atom stereocenters. The minimum absolute atomic E-state index is 0.128. The largest absolute Gasteiger partial charge is 0.466 e. The van der Waals surface area contributed by atoms with Crippen LogP contribution in [0.2, 0.25) is 0 Å². The lowest BCUT2D eigenvalue weighted by Crippen LogP contribution is -2.32. The maximum Gasteiger partial charge on any atom is 0.306 e. The summed E-state index contributed by atoms with van der Waals surface area (Å²) >= 11 is 0. The van der Waals surface area contributed by atoms with E-state index in [1.807, 2.05) is 0 Å². The number of esters is 1. The molecular weight excluding hydrogens is 280 g/mol. The summed E-state index contributed by atoms with van der Waals surface area (Å²) < 4.78 is 30.6. The topological polar surface area (TPSA) is 89.7 Å². The molecule has 0 saturated heterocycles. The zero-order chi connectivity index (χ0) is 14.8. The van der Waals surface area contributed by atoms with Gasteiger partial charge < -0.3 is 10.5 Å². The molecule has 1 aromatic rings. The number of nitrogens with two attached hydrogens (primary N) is 1. The van der Waals surface area contributed by atoms with Crippen LogP contribution in [0.25, 0.3) is 0 Å². The predicted octanol–water partition coefficient (Wildman–Crippen LogP) is 0.914. The molecule has 0 spiro atoms. The Kier molecular flexibility index (Phi) is 4.17. The van der Waals surface area contributed by atoms with Crippen LogP contribution in [-0.2, 0) is 26.0 Å². The minimum atomic E-state index is -3.51. The molecule has 2 rings (SSSR count). The van der Waals surface area contributed by atoms with Crippen molar-refractivity contribution in [2.45, 2.75) is 19.8 Å². The molecule has 7 heteroatoms. The molecule has 0 saturated carbocycles. The molecule has 0 bridgehead atoms. The maximum absolute atomic E-state index is 12.3. The molecule has 2 N–H and O–H groups in total. The van der Waals surface area contributed by atoms with Gasteiger partial charge in [0.05, 0.1) is 24.5 Å². The van der Waals surface area contributed by atoms with Crippen LogP contribution in [0.15, 0.2) is 18.2 Å².